The van der Waals surface area contributed by atoms with Gasteiger partial charge in [0.05, 0.1) is 11.8 Å². The third-order valence-electron chi connectivity index (χ3n) is 3.06. The highest BCUT2D eigenvalue weighted by molar-refractivity contribution is 6.30. The number of hydrogen-bond acceptors (Lipinski definition) is 4. The number of carboxylic acid groups (broad SMARTS) is 1. The summed E-state index contributed by atoms with van der Waals surface area (Å²) in [5.41, 5.74) is 1.88. The average Bonchev–Trinajstić information content (AvgIpc) is 2.82. The van der Waals surface area contributed by atoms with Crippen LogP contribution in [0, 0.1) is 0 Å². The van der Waals surface area contributed by atoms with E-state index >= 15 is 0 Å². The molecule has 6 nitrogen and oxygen atoms in total. The van der Waals surface area contributed by atoms with Crippen molar-refractivity contribution in [2.24, 2.45) is 7.05 Å². The minimum atomic E-state index is -1.04. The molecule has 2 heterocycles. The van der Waals surface area contributed by atoms with Crippen LogP contribution in [0.25, 0.3) is 11.0 Å². The van der Waals surface area contributed by atoms with Crippen LogP contribution >= 0.6 is 11.6 Å². The quantitative estimate of drug-likeness (QED) is 0.777. The van der Waals surface area contributed by atoms with E-state index in [9.17, 15) is 9.90 Å². The molecule has 0 bridgehead atoms. The Kier molecular flexibility index (Phi) is 3.23. The van der Waals surface area contributed by atoms with Crippen LogP contribution in [0.1, 0.15) is 10.4 Å². The molecule has 106 valence electrons. The molecule has 2 aromatic heterocycles. The molecule has 0 amide bonds. The number of halogens is 1. The number of pyridine rings is 1. The predicted octanol–water partition coefficient (Wildman–Crippen LogP) is 3.06. The first kappa shape index (κ1) is 13.4. The van der Waals surface area contributed by atoms with Gasteiger partial charge in [-0.15, -0.1) is 0 Å². The van der Waals surface area contributed by atoms with Gasteiger partial charge in [-0.05, 0) is 18.2 Å². The van der Waals surface area contributed by atoms with Crippen LogP contribution in [0.2, 0.25) is 5.02 Å². The fraction of sp³-hybridized carbons (Fsp3) is 0.0714. The molecule has 1 aromatic carbocycles. The normalized spacial score (nSPS) is 10.8. The average molecular weight is 303 g/mol. The Morgan fingerprint density at radius 2 is 2.19 bits per heavy atom. The molecule has 0 aliphatic heterocycles. The maximum atomic E-state index is 11.3. The number of nitrogens with zero attached hydrogens (tertiary/aromatic N) is 3. The van der Waals surface area contributed by atoms with Crippen molar-refractivity contribution in [1.82, 2.24) is 14.5 Å². The van der Waals surface area contributed by atoms with Crippen molar-refractivity contribution < 1.29 is 9.90 Å². The Hall–Kier alpha value is -2.60. The molecule has 0 aliphatic rings. The zero-order chi connectivity index (χ0) is 15.0. The molecule has 7 heteroatoms. The molecule has 0 atom stereocenters. The van der Waals surface area contributed by atoms with Crippen molar-refractivity contribution in [3.63, 3.8) is 0 Å². The van der Waals surface area contributed by atoms with Crippen LogP contribution in [0.4, 0.5) is 11.5 Å². The first-order valence-corrected chi connectivity index (χ1v) is 6.50. The summed E-state index contributed by atoms with van der Waals surface area (Å²) in [4.78, 5) is 19.6. The molecule has 0 radical (unpaired) electrons. The van der Waals surface area contributed by atoms with Gasteiger partial charge in [-0.2, -0.15) is 0 Å². The van der Waals surface area contributed by atoms with Gasteiger partial charge < -0.3 is 15.0 Å². The maximum Gasteiger partial charge on any atom is 0.339 e. The number of nitrogens with one attached hydrogen (secondary N) is 1. The molecule has 0 fully saturated rings. The van der Waals surface area contributed by atoms with E-state index in [1.165, 1.54) is 6.20 Å². The van der Waals surface area contributed by atoms with Gasteiger partial charge in [0.1, 0.15) is 11.1 Å². The topological polar surface area (TPSA) is 80.0 Å². The minimum absolute atomic E-state index is 0.113. The summed E-state index contributed by atoms with van der Waals surface area (Å²) >= 11 is 5.94. The van der Waals surface area contributed by atoms with Crippen molar-refractivity contribution in [3.8, 4) is 0 Å². The van der Waals surface area contributed by atoms with Crippen molar-refractivity contribution in [2.75, 3.05) is 5.32 Å². The number of carboxylic acids is 1. The van der Waals surface area contributed by atoms with E-state index in [1.54, 1.807) is 30.1 Å². The van der Waals surface area contributed by atoms with Crippen LogP contribution < -0.4 is 5.32 Å². The first-order valence-electron chi connectivity index (χ1n) is 6.12. The van der Waals surface area contributed by atoms with Crippen LogP contribution in [0.3, 0.4) is 0 Å². The Labute approximate surface area is 125 Å². The Bertz CT molecular complexity index is 844. The smallest absolute Gasteiger partial charge is 0.339 e. The van der Waals surface area contributed by atoms with Gasteiger partial charge in [0.25, 0.3) is 0 Å². The molecule has 0 saturated carbocycles. The number of hydrogen-bond donors (Lipinski definition) is 2. The predicted molar refractivity (Wildman–Crippen MR) is 80.2 cm³/mol. The minimum Gasteiger partial charge on any atom is -0.478 e. The highest BCUT2D eigenvalue weighted by atomic mass is 35.5. The van der Waals surface area contributed by atoms with Crippen molar-refractivity contribution in [3.05, 3.63) is 47.4 Å². The second-order valence-corrected chi connectivity index (χ2v) is 4.95. The molecule has 0 unspecified atom stereocenters. The summed E-state index contributed by atoms with van der Waals surface area (Å²) in [6, 6.07) is 7.17. The summed E-state index contributed by atoms with van der Waals surface area (Å²) in [6.45, 7) is 0. The second-order valence-electron chi connectivity index (χ2n) is 4.51. The van der Waals surface area contributed by atoms with E-state index in [0.29, 0.717) is 21.9 Å². The lowest BCUT2D eigenvalue weighted by molar-refractivity contribution is 0.0698. The van der Waals surface area contributed by atoms with Gasteiger partial charge in [-0.3, -0.25) is 0 Å². The second kappa shape index (κ2) is 5.06. The van der Waals surface area contributed by atoms with E-state index in [-0.39, 0.29) is 5.56 Å². The molecular weight excluding hydrogens is 292 g/mol. The number of anilines is 2. The van der Waals surface area contributed by atoms with Gasteiger partial charge in [0.15, 0.2) is 5.82 Å². The largest absolute Gasteiger partial charge is 0.478 e. The number of aromatic nitrogens is 3. The summed E-state index contributed by atoms with van der Waals surface area (Å²) < 4.78 is 1.66. The van der Waals surface area contributed by atoms with Crippen LogP contribution in [0.5, 0.6) is 0 Å². The van der Waals surface area contributed by atoms with Crippen molar-refractivity contribution in [2.45, 2.75) is 0 Å². The Morgan fingerprint density at radius 1 is 1.38 bits per heavy atom. The van der Waals surface area contributed by atoms with Crippen molar-refractivity contribution >= 4 is 40.1 Å². The number of benzene rings is 1. The van der Waals surface area contributed by atoms with Gasteiger partial charge >= 0.3 is 5.97 Å². The highest BCUT2D eigenvalue weighted by Gasteiger charge is 2.16. The number of rotatable bonds is 3. The summed E-state index contributed by atoms with van der Waals surface area (Å²) in [5, 5.41) is 12.9. The van der Waals surface area contributed by atoms with Crippen LogP contribution in [-0.2, 0) is 7.05 Å². The Balaban J connectivity index is 2.12. The van der Waals surface area contributed by atoms with E-state index in [1.807, 2.05) is 12.1 Å². The number of carbonyl (C=O) groups is 1. The molecule has 3 aromatic rings. The third-order valence-corrected chi connectivity index (χ3v) is 3.29. The standard InChI is InChI=1S/C14H11ClN4O2/c1-19-7-17-11-12(19)10(14(20)21)6-16-13(11)18-9-4-2-3-8(15)5-9/h2-7H,1H3,(H,16,18)(H,20,21). The van der Waals surface area contributed by atoms with Crippen LogP contribution in [-0.4, -0.2) is 25.6 Å². The molecule has 3 rings (SSSR count). The van der Waals surface area contributed by atoms with Crippen molar-refractivity contribution in [1.29, 1.82) is 0 Å². The summed E-state index contributed by atoms with van der Waals surface area (Å²) in [6.07, 6.45) is 2.88. The molecule has 2 N–H and O–H groups in total. The molecule has 21 heavy (non-hydrogen) atoms. The molecular formula is C14H11ClN4O2. The Morgan fingerprint density at radius 3 is 2.90 bits per heavy atom. The zero-order valence-corrected chi connectivity index (χ0v) is 11.8. The summed E-state index contributed by atoms with van der Waals surface area (Å²) in [7, 11) is 1.74. The fourth-order valence-electron chi connectivity index (χ4n) is 2.12. The summed E-state index contributed by atoms with van der Waals surface area (Å²) in [5.74, 6) is -0.553. The molecule has 0 spiro atoms. The van der Waals surface area contributed by atoms with E-state index in [4.69, 9.17) is 11.6 Å². The lowest BCUT2D eigenvalue weighted by Gasteiger charge is -2.08. The van der Waals surface area contributed by atoms with Gasteiger partial charge in [-0.25, -0.2) is 14.8 Å². The monoisotopic (exact) mass is 302 g/mol. The lowest BCUT2D eigenvalue weighted by atomic mass is 10.2. The van der Waals surface area contributed by atoms with Gasteiger partial charge in [0.2, 0.25) is 0 Å². The third kappa shape index (κ3) is 2.41. The fourth-order valence-corrected chi connectivity index (χ4v) is 2.31. The molecule has 0 aliphatic carbocycles. The van der Waals surface area contributed by atoms with E-state index < -0.39 is 5.97 Å². The van der Waals surface area contributed by atoms with E-state index in [0.717, 1.165) is 5.69 Å². The van der Waals surface area contributed by atoms with Crippen LogP contribution in [0.15, 0.2) is 36.8 Å². The lowest BCUT2D eigenvalue weighted by Crippen LogP contribution is -2.04. The highest BCUT2D eigenvalue weighted by Crippen LogP contribution is 2.26. The number of fused-ring (bicyclic) bond motifs is 1. The van der Waals surface area contributed by atoms with Gasteiger partial charge in [0, 0.05) is 24.0 Å². The number of imidazole rings is 1. The zero-order valence-electron chi connectivity index (χ0n) is 11.0. The maximum absolute atomic E-state index is 11.3. The number of aromatic carboxylic acids is 1. The van der Waals surface area contributed by atoms with E-state index in [2.05, 4.69) is 15.3 Å². The van der Waals surface area contributed by atoms with Gasteiger partial charge in [-0.1, -0.05) is 17.7 Å². The first-order chi connectivity index (χ1) is 10.1. The SMILES string of the molecule is Cn1cnc2c(Nc3cccc(Cl)c3)ncc(C(=O)O)c21. The number of aryl methyl sites for hydroxylation is 1. The molecule has 0 saturated heterocycles.